The molecule has 2 amide bonds. The molecule has 0 unspecified atom stereocenters. The summed E-state index contributed by atoms with van der Waals surface area (Å²) in [5, 5.41) is 2.41. The zero-order valence-corrected chi connectivity index (χ0v) is 15.9. The lowest BCUT2D eigenvalue weighted by molar-refractivity contribution is -0.136. The van der Waals surface area contributed by atoms with Crippen LogP contribution in [0.1, 0.15) is 44.0 Å². The molecule has 1 aromatic rings. The summed E-state index contributed by atoms with van der Waals surface area (Å²) < 4.78 is 10.7. The van der Waals surface area contributed by atoms with Gasteiger partial charge >= 0.3 is 5.97 Å². The molecule has 2 aliphatic rings. The van der Waals surface area contributed by atoms with E-state index in [1.807, 2.05) is 20.8 Å². The number of rotatable bonds is 2. The van der Waals surface area contributed by atoms with Crippen LogP contribution in [0.25, 0.3) is 0 Å². The van der Waals surface area contributed by atoms with Gasteiger partial charge in [0.25, 0.3) is 5.91 Å². The average Bonchev–Trinajstić information content (AvgIpc) is 2.73. The van der Waals surface area contributed by atoms with Crippen LogP contribution in [-0.2, 0) is 19.1 Å². The van der Waals surface area contributed by atoms with E-state index in [0.717, 1.165) is 5.82 Å². The molecule has 146 valence electrons. The first kappa shape index (κ1) is 19.3. The molecule has 0 aliphatic carbocycles. The number of carbonyl (C=O) groups excluding carboxylic acids is 3. The van der Waals surface area contributed by atoms with Crippen molar-refractivity contribution in [3.05, 3.63) is 23.9 Å². The first-order valence-corrected chi connectivity index (χ1v) is 9.05. The predicted octanol–water partition coefficient (Wildman–Crippen LogP) is 1.30. The fraction of sp³-hybridized carbons (Fsp3) is 0.579. The van der Waals surface area contributed by atoms with Crippen molar-refractivity contribution in [3.8, 4) is 0 Å². The Hall–Kier alpha value is -2.48. The Morgan fingerprint density at radius 2 is 1.96 bits per heavy atom. The Morgan fingerprint density at radius 1 is 1.26 bits per heavy atom. The number of ether oxygens (including phenoxy) is 2. The number of anilines is 1. The number of nitrogens with zero attached hydrogens (tertiary/aromatic N) is 2. The normalized spacial score (nSPS) is 20.2. The minimum Gasteiger partial charge on any atom is -0.456 e. The first-order valence-electron chi connectivity index (χ1n) is 9.05. The second-order valence-corrected chi connectivity index (χ2v) is 8.04. The number of piperidine rings is 1. The van der Waals surface area contributed by atoms with Gasteiger partial charge in [-0.1, -0.05) is 0 Å². The molecule has 2 fully saturated rings. The van der Waals surface area contributed by atoms with Crippen LogP contribution >= 0.6 is 0 Å². The van der Waals surface area contributed by atoms with Crippen molar-refractivity contribution >= 4 is 23.6 Å². The van der Waals surface area contributed by atoms with Crippen molar-refractivity contribution in [2.45, 2.75) is 39.2 Å². The van der Waals surface area contributed by atoms with E-state index in [0.29, 0.717) is 31.5 Å². The Labute approximate surface area is 158 Å². The van der Waals surface area contributed by atoms with E-state index in [-0.39, 0.29) is 19.1 Å². The van der Waals surface area contributed by atoms with Gasteiger partial charge in [-0.15, -0.1) is 0 Å². The molecule has 8 nitrogen and oxygen atoms in total. The Balaban J connectivity index is 1.63. The maximum atomic E-state index is 12.4. The van der Waals surface area contributed by atoms with Crippen LogP contribution in [0.3, 0.4) is 0 Å². The van der Waals surface area contributed by atoms with Gasteiger partial charge in [0.05, 0.1) is 17.6 Å². The summed E-state index contributed by atoms with van der Waals surface area (Å²) in [4.78, 5) is 42.4. The van der Waals surface area contributed by atoms with Crippen molar-refractivity contribution < 1.29 is 23.9 Å². The monoisotopic (exact) mass is 375 g/mol. The van der Waals surface area contributed by atoms with E-state index < -0.39 is 22.9 Å². The molecule has 0 aromatic carbocycles. The number of nitrogens with one attached hydrogen (secondary N) is 1. The fourth-order valence-electron chi connectivity index (χ4n) is 3.27. The number of pyridine rings is 1. The summed E-state index contributed by atoms with van der Waals surface area (Å²) in [5.41, 5.74) is -0.823. The summed E-state index contributed by atoms with van der Waals surface area (Å²) in [5.74, 6) is -0.309. The second-order valence-electron chi connectivity index (χ2n) is 8.04. The lowest BCUT2D eigenvalue weighted by Crippen LogP contribution is -2.50. The van der Waals surface area contributed by atoms with Crippen molar-refractivity contribution in [2.75, 3.05) is 31.2 Å². The third-order valence-electron chi connectivity index (χ3n) is 4.77. The Bertz CT molecular complexity index is 731. The van der Waals surface area contributed by atoms with Gasteiger partial charge in [-0.05, 0) is 45.7 Å². The first-order chi connectivity index (χ1) is 12.7. The molecule has 1 N–H and O–H groups in total. The van der Waals surface area contributed by atoms with Gasteiger partial charge in [-0.3, -0.25) is 14.9 Å². The van der Waals surface area contributed by atoms with E-state index in [1.165, 1.54) is 6.20 Å². The molecule has 27 heavy (non-hydrogen) atoms. The van der Waals surface area contributed by atoms with E-state index >= 15 is 0 Å². The molecular formula is C19H25N3O5. The van der Waals surface area contributed by atoms with Crippen LogP contribution < -0.4 is 10.2 Å². The summed E-state index contributed by atoms with van der Waals surface area (Å²) >= 11 is 0. The van der Waals surface area contributed by atoms with Gasteiger partial charge in [0.1, 0.15) is 18.0 Å². The highest BCUT2D eigenvalue weighted by molar-refractivity contribution is 5.99. The molecule has 0 saturated carbocycles. The average molecular weight is 375 g/mol. The van der Waals surface area contributed by atoms with E-state index in [2.05, 4.69) is 15.2 Å². The maximum absolute atomic E-state index is 12.4. The smallest absolute Gasteiger partial charge is 0.340 e. The van der Waals surface area contributed by atoms with Crippen molar-refractivity contribution in [1.29, 1.82) is 0 Å². The largest absolute Gasteiger partial charge is 0.456 e. The predicted molar refractivity (Wildman–Crippen MR) is 97.3 cm³/mol. The maximum Gasteiger partial charge on any atom is 0.340 e. The third kappa shape index (κ3) is 4.44. The molecule has 2 aliphatic heterocycles. The molecule has 0 atom stereocenters. The zero-order chi connectivity index (χ0) is 19.7. The number of hydrogen-bond acceptors (Lipinski definition) is 7. The van der Waals surface area contributed by atoms with Crippen LogP contribution in [0.2, 0.25) is 0 Å². The van der Waals surface area contributed by atoms with E-state index in [4.69, 9.17) is 9.47 Å². The van der Waals surface area contributed by atoms with Crippen LogP contribution in [0.4, 0.5) is 5.82 Å². The number of carbonyl (C=O) groups is 3. The second kappa shape index (κ2) is 7.26. The number of esters is 1. The van der Waals surface area contributed by atoms with Crippen molar-refractivity contribution in [1.82, 2.24) is 10.3 Å². The molecule has 0 radical (unpaired) electrons. The van der Waals surface area contributed by atoms with Gasteiger partial charge in [0.2, 0.25) is 5.91 Å². The van der Waals surface area contributed by atoms with Gasteiger partial charge < -0.3 is 14.4 Å². The molecular weight excluding hydrogens is 350 g/mol. The highest BCUT2D eigenvalue weighted by Crippen LogP contribution is 2.34. The topological polar surface area (TPSA) is 97.8 Å². The van der Waals surface area contributed by atoms with E-state index in [9.17, 15) is 14.4 Å². The molecule has 1 spiro atoms. The van der Waals surface area contributed by atoms with Crippen LogP contribution in [0, 0.1) is 5.41 Å². The van der Waals surface area contributed by atoms with Crippen LogP contribution in [-0.4, -0.2) is 54.7 Å². The molecule has 1 aromatic heterocycles. The number of imide groups is 1. The van der Waals surface area contributed by atoms with Gasteiger partial charge in [-0.2, -0.15) is 0 Å². The van der Waals surface area contributed by atoms with Gasteiger partial charge in [-0.25, -0.2) is 9.78 Å². The lowest BCUT2D eigenvalue weighted by atomic mass is 9.78. The molecule has 8 heteroatoms. The summed E-state index contributed by atoms with van der Waals surface area (Å²) in [7, 11) is 0. The van der Waals surface area contributed by atoms with Crippen LogP contribution in [0.15, 0.2) is 18.3 Å². The minimum absolute atomic E-state index is 0.0785. The zero-order valence-electron chi connectivity index (χ0n) is 15.9. The molecule has 0 bridgehead atoms. The standard InChI is InChI=1S/C19H25N3O5/c1-18(2,3)27-16(24)13-4-5-14(20-10-13)22-8-6-19(7-9-22)12-26-11-15(23)21-17(19)25/h4-5,10H,6-9,11-12H2,1-3H3,(H,21,23,25). The van der Waals surface area contributed by atoms with Crippen molar-refractivity contribution in [2.24, 2.45) is 5.41 Å². The highest BCUT2D eigenvalue weighted by atomic mass is 16.6. The molecule has 3 heterocycles. The third-order valence-corrected chi connectivity index (χ3v) is 4.77. The minimum atomic E-state index is -0.668. The Morgan fingerprint density at radius 3 is 2.56 bits per heavy atom. The summed E-state index contributed by atoms with van der Waals surface area (Å²) in [6, 6.07) is 3.48. The number of amides is 2. The van der Waals surface area contributed by atoms with Crippen molar-refractivity contribution in [3.63, 3.8) is 0 Å². The summed E-state index contributed by atoms with van der Waals surface area (Å²) in [6.07, 6.45) is 2.65. The molecule has 3 rings (SSSR count). The van der Waals surface area contributed by atoms with Gasteiger partial charge in [0.15, 0.2) is 0 Å². The number of hydrogen-bond donors (Lipinski definition) is 1. The SMILES string of the molecule is CC(C)(C)OC(=O)c1ccc(N2CCC3(CC2)COCC(=O)NC3=O)nc1. The van der Waals surface area contributed by atoms with Gasteiger partial charge in [0, 0.05) is 19.3 Å². The lowest BCUT2D eigenvalue weighted by Gasteiger charge is -2.39. The van der Waals surface area contributed by atoms with Crippen LogP contribution in [0.5, 0.6) is 0 Å². The quantitative estimate of drug-likeness (QED) is 0.614. The molecule has 2 saturated heterocycles. The Kier molecular flexibility index (Phi) is 5.19. The van der Waals surface area contributed by atoms with E-state index in [1.54, 1.807) is 12.1 Å². The highest BCUT2D eigenvalue weighted by Gasteiger charge is 2.44. The fourth-order valence-corrected chi connectivity index (χ4v) is 3.27. The summed E-state index contributed by atoms with van der Waals surface area (Å²) in [6.45, 7) is 6.85. The number of aromatic nitrogens is 1.